The number of rotatable bonds is 4. The largest absolute Gasteiger partial charge is 0.463 e. The second-order valence-corrected chi connectivity index (χ2v) is 10.2. The first-order valence-electron chi connectivity index (χ1n) is 12.6. The average molecular weight is 483 g/mol. The monoisotopic (exact) mass is 482 g/mol. The van der Waals surface area contributed by atoms with Gasteiger partial charge in [0, 0.05) is 53.3 Å². The molecule has 2 aromatic heterocycles. The first-order valence-corrected chi connectivity index (χ1v) is 12.6. The fourth-order valence-corrected chi connectivity index (χ4v) is 5.26. The molecule has 0 aliphatic carbocycles. The maximum atomic E-state index is 13.3. The number of carbonyl (C=O) groups is 1. The molecule has 0 bridgehead atoms. The molecule has 2 atom stereocenters. The molecule has 1 aliphatic rings. The van der Waals surface area contributed by atoms with Crippen molar-refractivity contribution in [3.05, 3.63) is 77.3 Å². The quantitative estimate of drug-likeness (QED) is 0.375. The van der Waals surface area contributed by atoms with Crippen molar-refractivity contribution in [2.75, 3.05) is 30.4 Å². The summed E-state index contributed by atoms with van der Waals surface area (Å²) in [5, 5.41) is 3.90. The molecule has 0 radical (unpaired) electrons. The number of pyridine rings is 1. The molecular formula is C30H34N4O2. The molecule has 6 nitrogen and oxygen atoms in total. The van der Waals surface area contributed by atoms with Gasteiger partial charge >= 0.3 is 0 Å². The highest BCUT2D eigenvalue weighted by Crippen LogP contribution is 2.31. The molecule has 4 aromatic rings. The van der Waals surface area contributed by atoms with Gasteiger partial charge in [-0.05, 0) is 101 Å². The molecule has 1 N–H and O–H groups in total. The Morgan fingerprint density at radius 3 is 2.33 bits per heavy atom. The van der Waals surface area contributed by atoms with Crippen LogP contribution in [0.25, 0.3) is 22.1 Å². The van der Waals surface area contributed by atoms with Crippen LogP contribution in [0.1, 0.15) is 41.2 Å². The van der Waals surface area contributed by atoms with Crippen LogP contribution in [0, 0.1) is 20.8 Å². The lowest BCUT2D eigenvalue weighted by molar-refractivity contribution is 0.102. The predicted octanol–water partition coefficient (Wildman–Crippen LogP) is 6.20. The number of likely N-dealkylation sites (N-methyl/N-ethyl adjacent to an activating group) is 1. The number of aryl methyl sites for hydroxylation is 3. The number of aromatic nitrogens is 1. The normalized spacial score (nSPS) is 18.6. The van der Waals surface area contributed by atoms with Gasteiger partial charge in [-0.3, -0.25) is 14.7 Å². The number of nitrogens with zero attached hydrogens (tertiary/aromatic N) is 3. The van der Waals surface area contributed by atoms with Crippen LogP contribution in [0.5, 0.6) is 0 Å². The zero-order valence-electron chi connectivity index (χ0n) is 21.9. The lowest BCUT2D eigenvalue weighted by atomic mass is 9.99. The van der Waals surface area contributed by atoms with Crippen molar-refractivity contribution >= 4 is 28.3 Å². The number of nitrogens with one attached hydrogen (secondary N) is 1. The van der Waals surface area contributed by atoms with Gasteiger partial charge in [0.05, 0.1) is 5.56 Å². The summed E-state index contributed by atoms with van der Waals surface area (Å²) < 4.78 is 5.74. The Hall–Kier alpha value is -3.64. The van der Waals surface area contributed by atoms with Crippen molar-refractivity contribution in [2.45, 2.75) is 46.7 Å². The summed E-state index contributed by atoms with van der Waals surface area (Å²) in [5.41, 5.74) is 8.49. The van der Waals surface area contributed by atoms with Crippen molar-refractivity contribution in [1.29, 1.82) is 0 Å². The average Bonchev–Trinajstić information content (AvgIpc) is 3.25. The standard InChI is InChI=1S/C30H34N4O2/c1-18-11-24(7-9-26(18)23-12-19(2)31-20(3)13-23)32-30(35)28-17-36-29-10-8-25(14-27(28)29)34-15-21(4)33(6)22(5)16-34/h7-14,17,21-22H,15-16H2,1-6H3,(H,32,35). The van der Waals surface area contributed by atoms with Gasteiger partial charge in [-0.2, -0.15) is 0 Å². The van der Waals surface area contributed by atoms with E-state index in [2.05, 4.69) is 78.3 Å². The molecule has 0 spiro atoms. The summed E-state index contributed by atoms with van der Waals surface area (Å²) >= 11 is 0. The number of amides is 1. The highest BCUT2D eigenvalue weighted by atomic mass is 16.3. The topological polar surface area (TPSA) is 61.6 Å². The lowest BCUT2D eigenvalue weighted by Gasteiger charge is -2.43. The summed E-state index contributed by atoms with van der Waals surface area (Å²) in [6, 6.07) is 17.3. The van der Waals surface area contributed by atoms with Crippen LogP contribution in [0.3, 0.4) is 0 Å². The van der Waals surface area contributed by atoms with Crippen LogP contribution in [-0.2, 0) is 0 Å². The Bertz CT molecular complexity index is 1410. The molecule has 1 fully saturated rings. The van der Waals surface area contributed by atoms with E-state index >= 15 is 0 Å². The maximum absolute atomic E-state index is 13.3. The van der Waals surface area contributed by atoms with Gasteiger partial charge in [0.15, 0.2) is 0 Å². The third-order valence-electron chi connectivity index (χ3n) is 7.40. The van der Waals surface area contributed by atoms with Crippen LogP contribution in [0.15, 0.2) is 59.2 Å². The van der Waals surface area contributed by atoms with Crippen molar-refractivity contribution in [2.24, 2.45) is 0 Å². The predicted molar refractivity (Wildman–Crippen MR) is 147 cm³/mol. The van der Waals surface area contributed by atoms with Crippen LogP contribution in [-0.4, -0.2) is 48.0 Å². The van der Waals surface area contributed by atoms with Crippen molar-refractivity contribution in [1.82, 2.24) is 9.88 Å². The fourth-order valence-electron chi connectivity index (χ4n) is 5.26. The maximum Gasteiger partial charge on any atom is 0.259 e. The van der Waals surface area contributed by atoms with Crippen LogP contribution >= 0.6 is 0 Å². The van der Waals surface area contributed by atoms with E-state index in [4.69, 9.17) is 4.42 Å². The van der Waals surface area contributed by atoms with E-state index in [0.29, 0.717) is 23.2 Å². The van der Waals surface area contributed by atoms with Crippen LogP contribution in [0.2, 0.25) is 0 Å². The second kappa shape index (κ2) is 9.43. The summed E-state index contributed by atoms with van der Waals surface area (Å²) in [7, 11) is 2.18. The van der Waals surface area contributed by atoms with E-state index in [1.165, 1.54) is 0 Å². The van der Waals surface area contributed by atoms with Gasteiger partial charge < -0.3 is 14.6 Å². The van der Waals surface area contributed by atoms with Gasteiger partial charge in [0.2, 0.25) is 0 Å². The SMILES string of the molecule is Cc1cc(-c2ccc(NC(=O)c3coc4ccc(N5CC(C)N(C)C(C)C5)cc34)cc2C)cc(C)n1. The van der Waals surface area contributed by atoms with Crippen LogP contribution in [0.4, 0.5) is 11.4 Å². The molecule has 2 unspecified atom stereocenters. The van der Waals surface area contributed by atoms with E-state index in [-0.39, 0.29) is 5.91 Å². The molecule has 36 heavy (non-hydrogen) atoms. The number of carbonyl (C=O) groups excluding carboxylic acids is 1. The molecule has 0 saturated carbocycles. The molecule has 6 heteroatoms. The third kappa shape index (κ3) is 4.61. The summed E-state index contributed by atoms with van der Waals surface area (Å²) in [4.78, 5) is 22.6. The third-order valence-corrected chi connectivity index (χ3v) is 7.40. The fraction of sp³-hybridized carbons (Fsp3) is 0.333. The molecule has 1 saturated heterocycles. The smallest absolute Gasteiger partial charge is 0.259 e. The zero-order chi connectivity index (χ0) is 25.6. The van der Waals surface area contributed by atoms with E-state index < -0.39 is 0 Å². The van der Waals surface area contributed by atoms with Gasteiger partial charge in [0.25, 0.3) is 5.91 Å². The molecule has 2 aromatic carbocycles. The Labute approximate surface area is 212 Å². The minimum atomic E-state index is -0.172. The number of furan rings is 1. The second-order valence-electron chi connectivity index (χ2n) is 10.2. The number of fused-ring (bicyclic) bond motifs is 1. The Morgan fingerprint density at radius 1 is 0.972 bits per heavy atom. The van der Waals surface area contributed by atoms with Gasteiger partial charge in [0.1, 0.15) is 11.8 Å². The number of piperazine rings is 1. The molecule has 1 aliphatic heterocycles. The molecule has 1 amide bonds. The zero-order valence-corrected chi connectivity index (χ0v) is 21.9. The lowest BCUT2D eigenvalue weighted by Crippen LogP contribution is -2.55. The Kier molecular flexibility index (Phi) is 6.31. The highest BCUT2D eigenvalue weighted by molar-refractivity contribution is 6.12. The van der Waals surface area contributed by atoms with E-state index in [0.717, 1.165) is 57.9 Å². The summed E-state index contributed by atoms with van der Waals surface area (Å²) in [5.74, 6) is -0.172. The van der Waals surface area contributed by atoms with Gasteiger partial charge in [-0.25, -0.2) is 0 Å². The summed E-state index contributed by atoms with van der Waals surface area (Å²) in [6.45, 7) is 12.5. The molecule has 186 valence electrons. The first-order chi connectivity index (χ1) is 17.2. The summed E-state index contributed by atoms with van der Waals surface area (Å²) in [6.07, 6.45) is 1.56. The first kappa shape index (κ1) is 24.1. The van der Waals surface area contributed by atoms with E-state index in [1.807, 2.05) is 32.0 Å². The van der Waals surface area contributed by atoms with E-state index in [9.17, 15) is 4.79 Å². The van der Waals surface area contributed by atoms with Crippen LogP contribution < -0.4 is 10.2 Å². The molecule has 3 heterocycles. The van der Waals surface area contributed by atoms with Crippen molar-refractivity contribution in [3.8, 4) is 11.1 Å². The van der Waals surface area contributed by atoms with Gasteiger partial charge in [-0.15, -0.1) is 0 Å². The minimum Gasteiger partial charge on any atom is -0.463 e. The number of benzene rings is 2. The molecule has 5 rings (SSSR count). The van der Waals surface area contributed by atoms with Crippen molar-refractivity contribution in [3.63, 3.8) is 0 Å². The molecular weight excluding hydrogens is 448 g/mol. The number of anilines is 2. The Morgan fingerprint density at radius 2 is 1.67 bits per heavy atom. The van der Waals surface area contributed by atoms with Crippen molar-refractivity contribution < 1.29 is 9.21 Å². The number of hydrogen-bond acceptors (Lipinski definition) is 5. The Balaban J connectivity index is 1.39. The highest BCUT2D eigenvalue weighted by Gasteiger charge is 2.27. The van der Waals surface area contributed by atoms with E-state index in [1.54, 1.807) is 6.26 Å². The number of hydrogen-bond donors (Lipinski definition) is 1. The minimum absolute atomic E-state index is 0.172. The van der Waals surface area contributed by atoms with Gasteiger partial charge in [-0.1, -0.05) is 6.07 Å².